The Bertz CT molecular complexity index is 1050. The fourth-order valence-corrected chi connectivity index (χ4v) is 4.73. The van der Waals surface area contributed by atoms with Gasteiger partial charge in [0.2, 0.25) is 0 Å². The number of anilines is 1. The van der Waals surface area contributed by atoms with Gasteiger partial charge >= 0.3 is 0 Å². The first-order chi connectivity index (χ1) is 12.6. The molecule has 0 bridgehead atoms. The fourth-order valence-electron chi connectivity index (χ4n) is 2.87. The van der Waals surface area contributed by atoms with E-state index in [0.717, 1.165) is 21.5 Å². The summed E-state index contributed by atoms with van der Waals surface area (Å²) in [5, 5.41) is 6.39. The molecule has 132 valence electrons. The Labute approximate surface area is 167 Å². The number of nitrogens with one attached hydrogen (secondary N) is 2. The lowest BCUT2D eigenvalue weighted by molar-refractivity contribution is 0.0939. The van der Waals surface area contributed by atoms with E-state index in [1.165, 1.54) is 11.3 Å². The number of carbonyl (C=O) groups excluding carboxylic acids is 1. The second-order valence-corrected chi connectivity index (χ2v) is 8.16. The van der Waals surface area contributed by atoms with E-state index in [-0.39, 0.29) is 12.1 Å². The predicted molar refractivity (Wildman–Crippen MR) is 109 cm³/mol. The number of methoxy groups -OCH3 is 1. The molecule has 0 spiro atoms. The first kappa shape index (κ1) is 17.3. The number of aromatic nitrogens is 1. The summed E-state index contributed by atoms with van der Waals surface area (Å²) in [5.74, 6) is 1.31. The molecule has 1 atom stereocenters. The number of benzene rings is 2. The van der Waals surface area contributed by atoms with E-state index in [1.54, 1.807) is 7.11 Å². The van der Waals surface area contributed by atoms with Crippen molar-refractivity contribution in [1.29, 1.82) is 0 Å². The van der Waals surface area contributed by atoms with Crippen molar-refractivity contribution in [2.24, 2.45) is 0 Å². The van der Waals surface area contributed by atoms with Crippen molar-refractivity contribution in [2.75, 3.05) is 12.4 Å². The molecular weight excluding hydrogens is 434 g/mol. The lowest BCUT2D eigenvalue weighted by Crippen LogP contribution is -2.38. The molecule has 0 fully saturated rings. The molecule has 2 N–H and O–H groups in total. The molecule has 1 aromatic heterocycles. The number of hydrogen-bond acceptors (Lipinski definition) is 5. The van der Waals surface area contributed by atoms with E-state index in [2.05, 4.69) is 26.6 Å². The Hall–Kier alpha value is -2.16. The topological polar surface area (TPSA) is 55.3 Å². The number of thiazole rings is 1. The van der Waals surface area contributed by atoms with Crippen LogP contribution in [-0.4, -0.2) is 17.6 Å². The Morgan fingerprint density at radius 1 is 1.19 bits per heavy atom. The number of hydrogen-bond donors (Lipinski definition) is 2. The summed E-state index contributed by atoms with van der Waals surface area (Å²) in [6.07, 6.45) is -0.365. The average Bonchev–Trinajstić information content (AvgIpc) is 2.99. The zero-order valence-corrected chi connectivity index (χ0v) is 16.9. The largest absolute Gasteiger partial charge is 0.496 e. The molecule has 0 saturated heterocycles. The van der Waals surface area contributed by atoms with Crippen molar-refractivity contribution >= 4 is 51.2 Å². The summed E-state index contributed by atoms with van der Waals surface area (Å²) in [4.78, 5) is 13.2. The van der Waals surface area contributed by atoms with Gasteiger partial charge in [0.1, 0.15) is 22.6 Å². The van der Waals surface area contributed by atoms with Gasteiger partial charge in [-0.1, -0.05) is 35.6 Å². The van der Waals surface area contributed by atoms with Crippen molar-refractivity contribution in [3.63, 3.8) is 0 Å². The Morgan fingerprint density at radius 3 is 2.65 bits per heavy atom. The molecule has 2 aromatic carbocycles. The third-order valence-corrected chi connectivity index (χ3v) is 6.09. The SMILES string of the molecule is COc1ccc([C@H]2NC(=O)c3sc(=S)n(-c4ccccc4)c3N2)cc1Br. The normalized spacial score (nSPS) is 15.8. The highest BCUT2D eigenvalue weighted by molar-refractivity contribution is 9.10. The predicted octanol–water partition coefficient (Wildman–Crippen LogP) is 4.89. The van der Waals surface area contributed by atoms with Crippen molar-refractivity contribution < 1.29 is 9.53 Å². The number of carbonyl (C=O) groups is 1. The number of fused-ring (bicyclic) bond motifs is 1. The van der Waals surface area contributed by atoms with Crippen molar-refractivity contribution in [3.05, 3.63) is 67.4 Å². The van der Waals surface area contributed by atoms with Crippen LogP contribution in [0.25, 0.3) is 5.69 Å². The zero-order chi connectivity index (χ0) is 18.3. The minimum atomic E-state index is -0.365. The van der Waals surface area contributed by atoms with Crippen LogP contribution in [0.15, 0.2) is 53.0 Å². The summed E-state index contributed by atoms with van der Waals surface area (Å²) >= 11 is 10.3. The van der Waals surface area contributed by atoms with Crippen molar-refractivity contribution in [1.82, 2.24) is 9.88 Å². The Balaban J connectivity index is 1.78. The van der Waals surface area contributed by atoms with E-state index in [9.17, 15) is 4.79 Å². The van der Waals surface area contributed by atoms with Crippen LogP contribution in [0.2, 0.25) is 0 Å². The van der Waals surface area contributed by atoms with Crippen LogP contribution in [0.1, 0.15) is 21.4 Å². The number of para-hydroxylation sites is 1. The summed E-state index contributed by atoms with van der Waals surface area (Å²) in [6.45, 7) is 0. The van der Waals surface area contributed by atoms with Gasteiger partial charge in [-0.15, -0.1) is 0 Å². The maximum Gasteiger partial charge on any atom is 0.267 e. The number of amides is 1. The van der Waals surface area contributed by atoms with Gasteiger partial charge < -0.3 is 15.4 Å². The maximum atomic E-state index is 12.6. The van der Waals surface area contributed by atoms with Crippen LogP contribution in [0.4, 0.5) is 5.82 Å². The van der Waals surface area contributed by atoms with Crippen LogP contribution in [0.3, 0.4) is 0 Å². The van der Waals surface area contributed by atoms with Crippen LogP contribution in [0, 0.1) is 3.95 Å². The highest BCUT2D eigenvalue weighted by Crippen LogP contribution is 2.35. The van der Waals surface area contributed by atoms with Crippen LogP contribution in [0.5, 0.6) is 5.75 Å². The second kappa shape index (κ2) is 6.86. The summed E-state index contributed by atoms with van der Waals surface area (Å²) in [7, 11) is 1.62. The molecule has 8 heteroatoms. The zero-order valence-electron chi connectivity index (χ0n) is 13.7. The highest BCUT2D eigenvalue weighted by Gasteiger charge is 2.30. The minimum absolute atomic E-state index is 0.138. The lowest BCUT2D eigenvalue weighted by Gasteiger charge is -2.27. The molecule has 2 heterocycles. The van der Waals surface area contributed by atoms with Gasteiger partial charge in [0.15, 0.2) is 3.95 Å². The first-order valence-electron chi connectivity index (χ1n) is 7.80. The van der Waals surface area contributed by atoms with Gasteiger partial charge in [-0.3, -0.25) is 9.36 Å². The summed E-state index contributed by atoms with van der Waals surface area (Å²) < 4.78 is 8.63. The average molecular weight is 448 g/mol. The molecule has 0 aliphatic carbocycles. The summed E-state index contributed by atoms with van der Waals surface area (Å²) in [5.41, 5.74) is 1.83. The molecule has 0 saturated carbocycles. The van der Waals surface area contributed by atoms with Gasteiger partial charge in [-0.05, 0) is 58.0 Å². The van der Waals surface area contributed by atoms with Crippen molar-refractivity contribution in [2.45, 2.75) is 6.17 Å². The second-order valence-electron chi connectivity index (χ2n) is 5.66. The number of halogens is 1. The fraction of sp³-hybridized carbons (Fsp3) is 0.111. The molecule has 5 nitrogen and oxygen atoms in total. The number of nitrogens with zero attached hydrogens (tertiary/aromatic N) is 1. The van der Waals surface area contributed by atoms with Gasteiger partial charge in [0.25, 0.3) is 5.91 Å². The molecule has 1 aliphatic heterocycles. The monoisotopic (exact) mass is 447 g/mol. The van der Waals surface area contributed by atoms with Gasteiger partial charge in [0, 0.05) is 5.69 Å². The third-order valence-electron chi connectivity index (χ3n) is 4.10. The standard InChI is InChI=1S/C18H14BrN3O2S2/c1-24-13-8-7-10(9-12(13)19)15-20-16-14(17(23)21-15)26-18(25)22(16)11-5-3-2-4-6-11/h2-9,15,20H,1H3,(H,21,23)/t15-/m1/s1. The Kier molecular flexibility index (Phi) is 4.56. The minimum Gasteiger partial charge on any atom is -0.496 e. The number of rotatable bonds is 3. The Morgan fingerprint density at radius 2 is 1.96 bits per heavy atom. The van der Waals surface area contributed by atoms with Crippen LogP contribution < -0.4 is 15.4 Å². The van der Waals surface area contributed by atoms with E-state index >= 15 is 0 Å². The number of ether oxygens (including phenoxy) is 1. The van der Waals surface area contributed by atoms with Crippen LogP contribution in [-0.2, 0) is 0 Å². The quantitative estimate of drug-likeness (QED) is 0.560. The van der Waals surface area contributed by atoms with E-state index in [4.69, 9.17) is 17.0 Å². The third kappa shape index (κ3) is 2.94. The smallest absolute Gasteiger partial charge is 0.267 e. The van der Waals surface area contributed by atoms with Crippen LogP contribution >= 0.6 is 39.5 Å². The molecule has 1 aliphatic rings. The van der Waals surface area contributed by atoms with E-state index in [1.807, 2.05) is 53.1 Å². The molecule has 4 rings (SSSR count). The van der Waals surface area contributed by atoms with Gasteiger partial charge in [-0.25, -0.2) is 0 Å². The molecule has 26 heavy (non-hydrogen) atoms. The van der Waals surface area contributed by atoms with Gasteiger partial charge in [-0.2, -0.15) is 0 Å². The van der Waals surface area contributed by atoms with E-state index < -0.39 is 0 Å². The molecular formula is C18H14BrN3O2S2. The molecule has 0 radical (unpaired) electrons. The highest BCUT2D eigenvalue weighted by atomic mass is 79.9. The molecule has 3 aromatic rings. The van der Waals surface area contributed by atoms with E-state index in [0.29, 0.717) is 14.6 Å². The lowest BCUT2D eigenvalue weighted by atomic mass is 10.1. The molecule has 0 unspecified atom stereocenters. The van der Waals surface area contributed by atoms with Gasteiger partial charge in [0.05, 0.1) is 11.6 Å². The molecule has 1 amide bonds. The maximum absolute atomic E-state index is 12.6. The first-order valence-corrected chi connectivity index (χ1v) is 9.82. The van der Waals surface area contributed by atoms with Crippen molar-refractivity contribution in [3.8, 4) is 11.4 Å². The summed E-state index contributed by atoms with van der Waals surface area (Å²) in [6, 6.07) is 15.5.